The highest BCUT2D eigenvalue weighted by Crippen LogP contribution is 2.26. The zero-order valence-electron chi connectivity index (χ0n) is 8.61. The standard InChI is InChI=1S/C12H17NO/c1-10(13-7-2-3-8-13)11-5-4-6-12(14)9-11/h4-6,9-10,14H,2-3,7-8H2,1H3. The van der Waals surface area contributed by atoms with Gasteiger partial charge in [-0.3, -0.25) is 4.90 Å². The molecule has 14 heavy (non-hydrogen) atoms. The Hall–Kier alpha value is -1.02. The van der Waals surface area contributed by atoms with Crippen molar-refractivity contribution in [2.24, 2.45) is 0 Å². The molecule has 76 valence electrons. The van der Waals surface area contributed by atoms with Gasteiger partial charge in [0.15, 0.2) is 0 Å². The third-order valence-corrected chi connectivity index (χ3v) is 3.04. The predicted octanol–water partition coefficient (Wildman–Crippen LogP) is 2.55. The Labute approximate surface area is 85.2 Å². The van der Waals surface area contributed by atoms with Crippen LogP contribution in [0.25, 0.3) is 0 Å². The van der Waals surface area contributed by atoms with Gasteiger partial charge < -0.3 is 5.11 Å². The van der Waals surface area contributed by atoms with E-state index in [1.54, 1.807) is 6.07 Å². The van der Waals surface area contributed by atoms with Crippen LogP contribution in [0.5, 0.6) is 5.75 Å². The minimum atomic E-state index is 0.369. The van der Waals surface area contributed by atoms with Gasteiger partial charge in [0.05, 0.1) is 0 Å². The van der Waals surface area contributed by atoms with Crippen LogP contribution in [-0.2, 0) is 0 Å². The molecule has 0 aliphatic carbocycles. The quantitative estimate of drug-likeness (QED) is 0.776. The molecule has 0 aromatic heterocycles. The van der Waals surface area contributed by atoms with E-state index in [2.05, 4.69) is 17.9 Å². The molecule has 1 aromatic carbocycles. The van der Waals surface area contributed by atoms with Crippen LogP contribution >= 0.6 is 0 Å². The van der Waals surface area contributed by atoms with Gasteiger partial charge in [0, 0.05) is 6.04 Å². The van der Waals surface area contributed by atoms with E-state index < -0.39 is 0 Å². The van der Waals surface area contributed by atoms with Gasteiger partial charge in [-0.25, -0.2) is 0 Å². The average Bonchev–Trinajstić information content (AvgIpc) is 2.69. The Morgan fingerprint density at radius 2 is 2.00 bits per heavy atom. The second-order valence-corrected chi connectivity index (χ2v) is 4.01. The fourth-order valence-electron chi connectivity index (χ4n) is 2.12. The number of aromatic hydroxyl groups is 1. The third-order valence-electron chi connectivity index (χ3n) is 3.04. The summed E-state index contributed by atoms with van der Waals surface area (Å²) in [5.41, 5.74) is 1.21. The summed E-state index contributed by atoms with van der Waals surface area (Å²) in [5, 5.41) is 9.39. The number of rotatable bonds is 2. The highest BCUT2D eigenvalue weighted by molar-refractivity contribution is 5.29. The molecule has 0 amide bonds. The van der Waals surface area contributed by atoms with Crippen molar-refractivity contribution in [2.75, 3.05) is 13.1 Å². The Morgan fingerprint density at radius 1 is 1.29 bits per heavy atom. The number of benzene rings is 1. The summed E-state index contributed by atoms with van der Waals surface area (Å²) in [6, 6.07) is 8.02. The molecule has 0 spiro atoms. The van der Waals surface area contributed by atoms with Crippen LogP contribution in [0.1, 0.15) is 31.4 Å². The van der Waals surface area contributed by atoms with Crippen molar-refractivity contribution >= 4 is 0 Å². The number of likely N-dealkylation sites (tertiary alicyclic amines) is 1. The Morgan fingerprint density at radius 3 is 2.64 bits per heavy atom. The molecule has 1 heterocycles. The lowest BCUT2D eigenvalue weighted by Gasteiger charge is -2.24. The molecule has 0 bridgehead atoms. The number of phenols is 1. The first-order valence-corrected chi connectivity index (χ1v) is 5.30. The SMILES string of the molecule is CC(c1cccc(O)c1)N1CCCC1. The van der Waals surface area contributed by atoms with E-state index >= 15 is 0 Å². The van der Waals surface area contributed by atoms with Gasteiger partial charge in [-0.2, -0.15) is 0 Å². The summed E-state index contributed by atoms with van der Waals surface area (Å²) in [5.74, 6) is 0.369. The summed E-state index contributed by atoms with van der Waals surface area (Å²) >= 11 is 0. The molecule has 1 unspecified atom stereocenters. The van der Waals surface area contributed by atoms with Crippen LogP contribution in [0.2, 0.25) is 0 Å². The highest BCUT2D eigenvalue weighted by atomic mass is 16.3. The van der Waals surface area contributed by atoms with E-state index in [-0.39, 0.29) is 0 Å². The topological polar surface area (TPSA) is 23.5 Å². The maximum absolute atomic E-state index is 9.39. The largest absolute Gasteiger partial charge is 0.508 e. The van der Waals surface area contributed by atoms with Gasteiger partial charge >= 0.3 is 0 Å². The zero-order chi connectivity index (χ0) is 9.97. The summed E-state index contributed by atoms with van der Waals surface area (Å²) < 4.78 is 0. The lowest BCUT2D eigenvalue weighted by molar-refractivity contribution is 0.262. The minimum absolute atomic E-state index is 0.369. The van der Waals surface area contributed by atoms with E-state index in [1.807, 2.05) is 12.1 Å². The van der Waals surface area contributed by atoms with Gasteiger partial charge in [0.1, 0.15) is 5.75 Å². The van der Waals surface area contributed by atoms with E-state index in [0.717, 1.165) is 0 Å². The normalized spacial score (nSPS) is 19.8. The first-order chi connectivity index (χ1) is 6.77. The fourth-order valence-corrected chi connectivity index (χ4v) is 2.12. The molecule has 1 N–H and O–H groups in total. The molecule has 1 aliphatic heterocycles. The molecule has 2 rings (SSSR count). The molecular formula is C12H17NO. The molecule has 2 nitrogen and oxygen atoms in total. The van der Waals surface area contributed by atoms with Crippen LogP contribution in [0.4, 0.5) is 0 Å². The molecule has 1 atom stereocenters. The molecule has 1 aliphatic rings. The van der Waals surface area contributed by atoms with Crippen LogP contribution < -0.4 is 0 Å². The summed E-state index contributed by atoms with van der Waals surface area (Å²) in [4.78, 5) is 2.47. The van der Waals surface area contributed by atoms with Gasteiger partial charge in [-0.15, -0.1) is 0 Å². The van der Waals surface area contributed by atoms with Crippen LogP contribution in [0.3, 0.4) is 0 Å². The van der Waals surface area contributed by atoms with Gasteiger partial charge in [0.2, 0.25) is 0 Å². The summed E-state index contributed by atoms with van der Waals surface area (Å²) in [7, 11) is 0. The molecular weight excluding hydrogens is 174 g/mol. The molecule has 1 fully saturated rings. The summed E-state index contributed by atoms with van der Waals surface area (Å²) in [6.07, 6.45) is 2.62. The molecule has 1 aromatic rings. The van der Waals surface area contributed by atoms with Gasteiger partial charge in [-0.1, -0.05) is 12.1 Å². The van der Waals surface area contributed by atoms with Crippen molar-refractivity contribution in [3.63, 3.8) is 0 Å². The third kappa shape index (κ3) is 1.90. The number of hydrogen-bond donors (Lipinski definition) is 1. The molecule has 0 radical (unpaired) electrons. The number of phenolic OH excluding ortho intramolecular Hbond substituents is 1. The first kappa shape index (κ1) is 9.53. The van der Waals surface area contributed by atoms with E-state index in [1.165, 1.54) is 31.5 Å². The second kappa shape index (κ2) is 4.01. The maximum atomic E-state index is 9.39. The van der Waals surface area contributed by atoms with Gasteiger partial charge in [0.25, 0.3) is 0 Å². The van der Waals surface area contributed by atoms with E-state index in [0.29, 0.717) is 11.8 Å². The Kier molecular flexibility index (Phi) is 2.73. The highest BCUT2D eigenvalue weighted by Gasteiger charge is 2.19. The average molecular weight is 191 g/mol. The summed E-state index contributed by atoms with van der Waals surface area (Å²) in [6.45, 7) is 4.59. The Balaban J connectivity index is 2.13. The fraction of sp³-hybridized carbons (Fsp3) is 0.500. The second-order valence-electron chi connectivity index (χ2n) is 4.01. The van der Waals surface area contributed by atoms with Crippen molar-refractivity contribution < 1.29 is 5.11 Å². The molecule has 1 saturated heterocycles. The van der Waals surface area contributed by atoms with Gasteiger partial charge in [-0.05, 0) is 50.6 Å². The smallest absolute Gasteiger partial charge is 0.115 e. The van der Waals surface area contributed by atoms with Crippen molar-refractivity contribution in [3.05, 3.63) is 29.8 Å². The van der Waals surface area contributed by atoms with E-state index in [9.17, 15) is 5.11 Å². The number of nitrogens with zero attached hydrogens (tertiary/aromatic N) is 1. The van der Waals surface area contributed by atoms with Crippen molar-refractivity contribution in [1.82, 2.24) is 4.90 Å². The Bertz CT molecular complexity index is 305. The van der Waals surface area contributed by atoms with Crippen LogP contribution in [-0.4, -0.2) is 23.1 Å². The molecule has 0 saturated carbocycles. The minimum Gasteiger partial charge on any atom is -0.508 e. The molecule has 2 heteroatoms. The lowest BCUT2D eigenvalue weighted by atomic mass is 10.1. The monoisotopic (exact) mass is 191 g/mol. The maximum Gasteiger partial charge on any atom is 0.115 e. The van der Waals surface area contributed by atoms with Crippen molar-refractivity contribution in [2.45, 2.75) is 25.8 Å². The lowest BCUT2D eigenvalue weighted by Crippen LogP contribution is -2.23. The van der Waals surface area contributed by atoms with E-state index in [4.69, 9.17) is 0 Å². The predicted molar refractivity (Wildman–Crippen MR) is 57.3 cm³/mol. The number of hydrogen-bond acceptors (Lipinski definition) is 2. The van der Waals surface area contributed by atoms with Crippen LogP contribution in [0, 0.1) is 0 Å². The van der Waals surface area contributed by atoms with Crippen molar-refractivity contribution in [3.8, 4) is 5.75 Å². The first-order valence-electron chi connectivity index (χ1n) is 5.30. The van der Waals surface area contributed by atoms with Crippen LogP contribution in [0.15, 0.2) is 24.3 Å². The zero-order valence-corrected chi connectivity index (χ0v) is 8.61. The van der Waals surface area contributed by atoms with Crippen molar-refractivity contribution in [1.29, 1.82) is 0 Å².